The van der Waals surface area contributed by atoms with Crippen LogP contribution in [0.3, 0.4) is 0 Å². The molecule has 4 nitrogen and oxygen atoms in total. The molecule has 2 aromatic rings. The van der Waals surface area contributed by atoms with Crippen LogP contribution < -0.4 is 10.6 Å². The zero-order valence-corrected chi connectivity index (χ0v) is 12.4. The molecule has 114 valence electrons. The first-order valence-electron chi connectivity index (χ1n) is 6.29. The number of anilines is 2. The summed E-state index contributed by atoms with van der Waals surface area (Å²) in [5.74, 6) is 0. The molecule has 0 unspecified atom stereocenters. The van der Waals surface area contributed by atoms with Crippen molar-refractivity contribution < 1.29 is 13.2 Å². The minimum absolute atomic E-state index is 0.0135. The second kappa shape index (κ2) is 5.88. The van der Waals surface area contributed by atoms with E-state index in [1.807, 2.05) is 26.0 Å². The number of alkyl halides is 3. The van der Waals surface area contributed by atoms with Crippen molar-refractivity contribution in [2.75, 3.05) is 10.6 Å². The first-order chi connectivity index (χ1) is 9.77. The molecule has 2 N–H and O–H groups in total. The van der Waals surface area contributed by atoms with Crippen molar-refractivity contribution in [2.24, 2.45) is 0 Å². The lowest BCUT2D eigenvalue weighted by molar-refractivity contribution is -0.138. The summed E-state index contributed by atoms with van der Waals surface area (Å²) in [6, 6.07) is 7.22. The lowest BCUT2D eigenvalue weighted by Crippen LogP contribution is -2.30. The average Bonchev–Trinajstić information content (AvgIpc) is 2.84. The van der Waals surface area contributed by atoms with E-state index in [2.05, 4.69) is 10.2 Å². The SMILES string of the molecule is CC(C)N(Cc1cccc(N)c1)c1nnc(C(F)(F)F)s1. The van der Waals surface area contributed by atoms with Crippen LogP contribution in [0, 0.1) is 0 Å². The van der Waals surface area contributed by atoms with Crippen LogP contribution in [0.5, 0.6) is 0 Å². The summed E-state index contributed by atoms with van der Waals surface area (Å²) in [6.07, 6.45) is -4.46. The minimum Gasteiger partial charge on any atom is -0.399 e. The average molecular weight is 316 g/mol. The second-order valence-electron chi connectivity index (χ2n) is 4.85. The Morgan fingerprint density at radius 1 is 1.29 bits per heavy atom. The molecule has 0 aliphatic carbocycles. The fourth-order valence-corrected chi connectivity index (χ4v) is 2.65. The summed E-state index contributed by atoms with van der Waals surface area (Å²) in [5, 5.41) is 6.21. The third-order valence-electron chi connectivity index (χ3n) is 2.83. The molecule has 8 heteroatoms. The predicted molar refractivity (Wildman–Crippen MR) is 77.1 cm³/mol. The summed E-state index contributed by atoms with van der Waals surface area (Å²) in [6.45, 7) is 4.21. The van der Waals surface area contributed by atoms with E-state index in [0.29, 0.717) is 23.6 Å². The summed E-state index contributed by atoms with van der Waals surface area (Å²) < 4.78 is 37.9. The minimum atomic E-state index is -4.46. The molecule has 0 saturated carbocycles. The van der Waals surface area contributed by atoms with Crippen LogP contribution >= 0.6 is 11.3 Å². The Balaban J connectivity index is 2.25. The number of hydrogen-bond acceptors (Lipinski definition) is 5. The van der Waals surface area contributed by atoms with Gasteiger partial charge in [-0.2, -0.15) is 13.2 Å². The number of rotatable bonds is 4. The summed E-state index contributed by atoms with van der Waals surface area (Å²) in [7, 11) is 0. The quantitative estimate of drug-likeness (QED) is 0.876. The highest BCUT2D eigenvalue weighted by molar-refractivity contribution is 7.15. The Morgan fingerprint density at radius 3 is 2.52 bits per heavy atom. The number of nitrogens with two attached hydrogens (primary N) is 1. The smallest absolute Gasteiger partial charge is 0.399 e. The van der Waals surface area contributed by atoms with E-state index in [0.717, 1.165) is 5.56 Å². The molecule has 0 fully saturated rings. The highest BCUT2D eigenvalue weighted by Gasteiger charge is 2.36. The standard InChI is InChI=1S/C13H15F3N4S/c1-8(2)20(7-9-4-3-5-10(17)6-9)12-19-18-11(21-12)13(14,15)16/h3-6,8H,7,17H2,1-2H3. The van der Waals surface area contributed by atoms with Crippen molar-refractivity contribution in [2.45, 2.75) is 32.6 Å². The van der Waals surface area contributed by atoms with Crippen LogP contribution in [0.2, 0.25) is 0 Å². The molecule has 0 bridgehead atoms. The van der Waals surface area contributed by atoms with Crippen molar-refractivity contribution in [3.05, 3.63) is 34.8 Å². The van der Waals surface area contributed by atoms with Crippen LogP contribution in [0.1, 0.15) is 24.4 Å². The van der Waals surface area contributed by atoms with Gasteiger partial charge in [-0.15, -0.1) is 10.2 Å². The van der Waals surface area contributed by atoms with E-state index >= 15 is 0 Å². The highest BCUT2D eigenvalue weighted by Crippen LogP contribution is 2.35. The Labute approximate surface area is 124 Å². The number of aromatic nitrogens is 2. The first-order valence-corrected chi connectivity index (χ1v) is 7.11. The molecule has 21 heavy (non-hydrogen) atoms. The topological polar surface area (TPSA) is 55.0 Å². The Hall–Kier alpha value is -1.83. The maximum absolute atomic E-state index is 12.6. The van der Waals surface area contributed by atoms with Gasteiger partial charge in [0.1, 0.15) is 0 Å². The van der Waals surface area contributed by atoms with E-state index in [1.165, 1.54) is 0 Å². The summed E-state index contributed by atoms with van der Waals surface area (Å²) in [5.41, 5.74) is 7.24. The second-order valence-corrected chi connectivity index (χ2v) is 5.81. The van der Waals surface area contributed by atoms with Crippen LogP contribution in [0.15, 0.2) is 24.3 Å². The van der Waals surface area contributed by atoms with E-state index < -0.39 is 11.2 Å². The van der Waals surface area contributed by atoms with E-state index in [9.17, 15) is 13.2 Å². The number of halogens is 3. The zero-order valence-electron chi connectivity index (χ0n) is 11.6. The van der Waals surface area contributed by atoms with Crippen molar-refractivity contribution in [1.29, 1.82) is 0 Å². The predicted octanol–water partition coefficient (Wildman–Crippen LogP) is 3.55. The molecule has 1 heterocycles. The molecule has 1 aromatic carbocycles. The molecule has 0 saturated heterocycles. The normalized spacial score (nSPS) is 11.9. The summed E-state index contributed by atoms with van der Waals surface area (Å²) >= 11 is 0.547. The van der Waals surface area contributed by atoms with Gasteiger partial charge in [0, 0.05) is 18.3 Å². The zero-order chi connectivity index (χ0) is 15.6. The molecule has 0 amide bonds. The van der Waals surface area contributed by atoms with Gasteiger partial charge in [-0.25, -0.2) is 0 Å². The number of hydrogen-bond donors (Lipinski definition) is 1. The number of nitrogens with zero attached hydrogens (tertiary/aromatic N) is 3. The molecule has 1 aromatic heterocycles. The monoisotopic (exact) mass is 316 g/mol. The van der Waals surface area contributed by atoms with Crippen LogP contribution in [-0.4, -0.2) is 16.2 Å². The Bertz CT molecular complexity index is 609. The first kappa shape index (κ1) is 15.6. The van der Waals surface area contributed by atoms with Gasteiger partial charge in [0.2, 0.25) is 10.1 Å². The maximum Gasteiger partial charge on any atom is 0.445 e. The molecule has 0 atom stereocenters. The van der Waals surface area contributed by atoms with Crippen LogP contribution in [0.4, 0.5) is 24.0 Å². The molecular weight excluding hydrogens is 301 g/mol. The molecule has 2 rings (SSSR count). The van der Waals surface area contributed by atoms with Gasteiger partial charge in [-0.1, -0.05) is 23.5 Å². The van der Waals surface area contributed by atoms with Gasteiger partial charge < -0.3 is 10.6 Å². The van der Waals surface area contributed by atoms with Crippen LogP contribution in [0.25, 0.3) is 0 Å². The molecule has 0 radical (unpaired) electrons. The Morgan fingerprint density at radius 2 is 2.00 bits per heavy atom. The van der Waals surface area contributed by atoms with Gasteiger partial charge in [-0.3, -0.25) is 0 Å². The third-order valence-corrected chi connectivity index (χ3v) is 3.84. The third kappa shape index (κ3) is 3.84. The Kier molecular flexibility index (Phi) is 4.36. The molecule has 0 spiro atoms. The van der Waals surface area contributed by atoms with Gasteiger partial charge in [0.05, 0.1) is 0 Å². The fourth-order valence-electron chi connectivity index (χ4n) is 1.81. The van der Waals surface area contributed by atoms with Gasteiger partial charge in [0.25, 0.3) is 0 Å². The number of nitrogen functional groups attached to an aromatic ring is 1. The van der Waals surface area contributed by atoms with E-state index in [4.69, 9.17) is 5.73 Å². The lowest BCUT2D eigenvalue weighted by Gasteiger charge is -2.25. The fraction of sp³-hybridized carbons (Fsp3) is 0.385. The number of benzene rings is 1. The van der Waals surface area contributed by atoms with Gasteiger partial charge in [0.15, 0.2) is 0 Å². The van der Waals surface area contributed by atoms with Crippen molar-refractivity contribution in [3.8, 4) is 0 Å². The van der Waals surface area contributed by atoms with Gasteiger partial charge >= 0.3 is 6.18 Å². The van der Waals surface area contributed by atoms with Crippen molar-refractivity contribution in [3.63, 3.8) is 0 Å². The van der Waals surface area contributed by atoms with Crippen molar-refractivity contribution >= 4 is 22.2 Å². The van der Waals surface area contributed by atoms with E-state index in [1.54, 1.807) is 17.0 Å². The molecule has 0 aliphatic heterocycles. The summed E-state index contributed by atoms with van der Waals surface area (Å²) in [4.78, 5) is 1.77. The van der Waals surface area contributed by atoms with E-state index in [-0.39, 0.29) is 11.2 Å². The molecule has 0 aliphatic rings. The lowest BCUT2D eigenvalue weighted by atomic mass is 10.2. The maximum atomic E-state index is 12.6. The van der Waals surface area contributed by atoms with Crippen LogP contribution in [-0.2, 0) is 12.7 Å². The molecular formula is C13H15F3N4S. The largest absolute Gasteiger partial charge is 0.445 e. The highest BCUT2D eigenvalue weighted by atomic mass is 32.1. The van der Waals surface area contributed by atoms with Crippen molar-refractivity contribution in [1.82, 2.24) is 10.2 Å². The van der Waals surface area contributed by atoms with Gasteiger partial charge in [-0.05, 0) is 31.5 Å².